The Hall–Kier alpha value is -0.120. The van der Waals surface area contributed by atoms with Gasteiger partial charge < -0.3 is 15.7 Å². The lowest BCUT2D eigenvalue weighted by molar-refractivity contribution is 0.0309. The van der Waals surface area contributed by atoms with Gasteiger partial charge >= 0.3 is 0 Å². The van der Waals surface area contributed by atoms with Gasteiger partial charge in [-0.1, -0.05) is 32.6 Å². The Balaban J connectivity index is 2.25. The molecule has 0 aliphatic heterocycles. The zero-order valence-corrected chi connectivity index (χ0v) is 12.3. The monoisotopic (exact) mass is 256 g/mol. The molecule has 108 valence electrons. The normalized spacial score (nSPS) is 21.8. The maximum atomic E-state index is 10.2. The molecule has 1 saturated carbocycles. The third kappa shape index (κ3) is 5.25. The van der Waals surface area contributed by atoms with E-state index in [9.17, 15) is 5.11 Å². The summed E-state index contributed by atoms with van der Waals surface area (Å²) in [6.45, 7) is 3.49. The average molecular weight is 256 g/mol. The van der Waals surface area contributed by atoms with Gasteiger partial charge in [-0.3, -0.25) is 0 Å². The number of aliphatic hydroxyl groups is 1. The highest BCUT2D eigenvalue weighted by Gasteiger charge is 2.23. The molecule has 3 N–H and O–H groups in total. The number of nitrogens with two attached hydrogens (primary N) is 1. The smallest absolute Gasteiger partial charge is 0.0767 e. The highest BCUT2D eigenvalue weighted by atomic mass is 16.3. The minimum atomic E-state index is -0.635. The van der Waals surface area contributed by atoms with Crippen molar-refractivity contribution in [3.05, 3.63) is 0 Å². The van der Waals surface area contributed by atoms with Crippen molar-refractivity contribution < 1.29 is 5.11 Å². The summed E-state index contributed by atoms with van der Waals surface area (Å²) in [4.78, 5) is 2.50. The summed E-state index contributed by atoms with van der Waals surface area (Å²) in [5.41, 5.74) is 5.00. The Morgan fingerprint density at radius 1 is 1.22 bits per heavy atom. The number of nitrogens with zero attached hydrogens (tertiary/aromatic N) is 1. The lowest BCUT2D eigenvalue weighted by Gasteiger charge is -2.29. The van der Waals surface area contributed by atoms with Gasteiger partial charge in [0.05, 0.1) is 5.60 Å². The van der Waals surface area contributed by atoms with Crippen molar-refractivity contribution in [2.75, 3.05) is 20.1 Å². The molecule has 1 rings (SSSR count). The Kier molecular flexibility index (Phi) is 7.20. The Morgan fingerprint density at radius 3 is 2.33 bits per heavy atom. The van der Waals surface area contributed by atoms with Crippen LogP contribution < -0.4 is 5.73 Å². The SMILES string of the molecule is CCC(O)(CN)CCCN(C)C1CCCCCC1. The van der Waals surface area contributed by atoms with E-state index in [0.29, 0.717) is 6.54 Å². The van der Waals surface area contributed by atoms with E-state index in [-0.39, 0.29) is 0 Å². The van der Waals surface area contributed by atoms with Crippen molar-refractivity contribution in [2.24, 2.45) is 5.73 Å². The van der Waals surface area contributed by atoms with Crippen molar-refractivity contribution in [1.29, 1.82) is 0 Å². The molecule has 0 radical (unpaired) electrons. The van der Waals surface area contributed by atoms with Gasteiger partial charge in [-0.05, 0) is 45.7 Å². The Bertz CT molecular complexity index is 209. The molecule has 0 heterocycles. The lowest BCUT2D eigenvalue weighted by Crippen LogP contribution is -2.38. The summed E-state index contributed by atoms with van der Waals surface area (Å²) in [6.07, 6.45) is 10.9. The highest BCUT2D eigenvalue weighted by Crippen LogP contribution is 2.22. The van der Waals surface area contributed by atoms with Crippen molar-refractivity contribution in [3.63, 3.8) is 0 Å². The van der Waals surface area contributed by atoms with Gasteiger partial charge in [0.2, 0.25) is 0 Å². The summed E-state index contributed by atoms with van der Waals surface area (Å²) in [6, 6.07) is 0.764. The predicted molar refractivity (Wildman–Crippen MR) is 77.6 cm³/mol. The number of rotatable bonds is 7. The van der Waals surface area contributed by atoms with Gasteiger partial charge in [0.25, 0.3) is 0 Å². The molecule has 0 amide bonds. The topological polar surface area (TPSA) is 49.5 Å². The molecule has 0 aromatic rings. The van der Waals surface area contributed by atoms with Crippen LogP contribution in [0.4, 0.5) is 0 Å². The first-order valence-electron chi connectivity index (χ1n) is 7.74. The Morgan fingerprint density at radius 2 is 1.83 bits per heavy atom. The standard InChI is InChI=1S/C15H32N2O/c1-3-15(18,13-16)11-8-12-17(2)14-9-6-4-5-7-10-14/h14,18H,3-13,16H2,1-2H3. The minimum Gasteiger partial charge on any atom is -0.389 e. The van der Waals surface area contributed by atoms with Crippen molar-refractivity contribution in [2.45, 2.75) is 76.4 Å². The second-order valence-electron chi connectivity index (χ2n) is 6.01. The van der Waals surface area contributed by atoms with Crippen LogP contribution in [-0.4, -0.2) is 41.8 Å². The van der Waals surface area contributed by atoms with E-state index in [1.165, 1.54) is 38.5 Å². The van der Waals surface area contributed by atoms with Crippen LogP contribution in [0.1, 0.15) is 64.7 Å². The molecule has 1 aliphatic carbocycles. The van der Waals surface area contributed by atoms with E-state index in [1.54, 1.807) is 0 Å². The highest BCUT2D eigenvalue weighted by molar-refractivity contribution is 4.79. The van der Waals surface area contributed by atoms with Gasteiger partial charge in [-0.2, -0.15) is 0 Å². The van der Waals surface area contributed by atoms with Crippen LogP contribution in [-0.2, 0) is 0 Å². The molecule has 0 aromatic heterocycles. The summed E-state index contributed by atoms with van der Waals surface area (Å²) in [5.74, 6) is 0. The molecule has 0 saturated heterocycles. The summed E-state index contributed by atoms with van der Waals surface area (Å²) in [5, 5.41) is 10.2. The third-order valence-electron chi connectivity index (χ3n) is 4.64. The molecule has 3 heteroatoms. The largest absolute Gasteiger partial charge is 0.389 e. The molecule has 0 aromatic carbocycles. The molecule has 0 bridgehead atoms. The quantitative estimate of drug-likeness (QED) is 0.688. The molecular weight excluding hydrogens is 224 g/mol. The van der Waals surface area contributed by atoms with Crippen molar-refractivity contribution in [3.8, 4) is 0 Å². The van der Waals surface area contributed by atoms with Crippen LogP contribution in [0.25, 0.3) is 0 Å². The average Bonchev–Trinajstić information content (AvgIpc) is 2.67. The zero-order chi connectivity index (χ0) is 13.4. The van der Waals surface area contributed by atoms with E-state index in [0.717, 1.165) is 31.8 Å². The first kappa shape index (κ1) is 15.9. The number of hydrogen-bond donors (Lipinski definition) is 2. The van der Waals surface area contributed by atoms with Gasteiger partial charge in [-0.25, -0.2) is 0 Å². The molecule has 1 atom stereocenters. The van der Waals surface area contributed by atoms with Crippen LogP contribution in [0, 0.1) is 0 Å². The van der Waals surface area contributed by atoms with Crippen LogP contribution in [0.15, 0.2) is 0 Å². The Labute approximate surface area is 113 Å². The fourth-order valence-electron chi connectivity index (χ4n) is 2.96. The van der Waals surface area contributed by atoms with E-state index in [2.05, 4.69) is 11.9 Å². The minimum absolute atomic E-state index is 0.386. The molecule has 1 fully saturated rings. The second kappa shape index (κ2) is 8.13. The number of hydrogen-bond acceptors (Lipinski definition) is 3. The molecule has 3 nitrogen and oxygen atoms in total. The van der Waals surface area contributed by atoms with E-state index in [1.807, 2.05) is 6.92 Å². The van der Waals surface area contributed by atoms with Crippen LogP contribution >= 0.6 is 0 Å². The molecule has 1 aliphatic rings. The molecular formula is C15H32N2O. The first-order chi connectivity index (χ1) is 8.61. The second-order valence-corrected chi connectivity index (χ2v) is 6.01. The fourth-order valence-corrected chi connectivity index (χ4v) is 2.96. The lowest BCUT2D eigenvalue weighted by atomic mass is 9.94. The maximum Gasteiger partial charge on any atom is 0.0767 e. The first-order valence-corrected chi connectivity index (χ1v) is 7.74. The summed E-state index contributed by atoms with van der Waals surface area (Å²) < 4.78 is 0. The summed E-state index contributed by atoms with van der Waals surface area (Å²) in [7, 11) is 2.24. The molecule has 18 heavy (non-hydrogen) atoms. The van der Waals surface area contributed by atoms with Crippen LogP contribution in [0.5, 0.6) is 0 Å². The van der Waals surface area contributed by atoms with Crippen molar-refractivity contribution >= 4 is 0 Å². The molecule has 0 spiro atoms. The maximum absolute atomic E-state index is 10.2. The van der Waals surface area contributed by atoms with Gasteiger partial charge in [0.15, 0.2) is 0 Å². The van der Waals surface area contributed by atoms with Gasteiger partial charge in [-0.15, -0.1) is 0 Å². The molecule has 1 unspecified atom stereocenters. The van der Waals surface area contributed by atoms with E-state index >= 15 is 0 Å². The van der Waals surface area contributed by atoms with Gasteiger partial charge in [0, 0.05) is 12.6 Å². The van der Waals surface area contributed by atoms with Gasteiger partial charge in [0.1, 0.15) is 0 Å². The van der Waals surface area contributed by atoms with E-state index < -0.39 is 5.60 Å². The predicted octanol–water partition coefficient (Wildman–Crippen LogP) is 2.52. The third-order valence-corrected chi connectivity index (χ3v) is 4.64. The van der Waals surface area contributed by atoms with Crippen LogP contribution in [0.3, 0.4) is 0 Å². The van der Waals surface area contributed by atoms with Crippen molar-refractivity contribution in [1.82, 2.24) is 4.90 Å². The zero-order valence-electron chi connectivity index (χ0n) is 12.3. The van der Waals surface area contributed by atoms with E-state index in [4.69, 9.17) is 5.73 Å². The summed E-state index contributed by atoms with van der Waals surface area (Å²) >= 11 is 0. The fraction of sp³-hybridized carbons (Fsp3) is 1.00. The van der Waals surface area contributed by atoms with Crippen LogP contribution in [0.2, 0.25) is 0 Å².